The predicted octanol–water partition coefficient (Wildman–Crippen LogP) is -0.935. The summed E-state index contributed by atoms with van der Waals surface area (Å²) in [5, 5.41) is 10.5. The molecule has 1 aromatic carbocycles. The third-order valence-electron chi connectivity index (χ3n) is 2.65. The Kier molecular flexibility index (Phi) is 6.56. The number of carbonyl (C=O) groups is 2. The molecule has 2 amide bonds. The van der Waals surface area contributed by atoms with Gasteiger partial charge in [-0.2, -0.15) is 0 Å². The third-order valence-corrected chi connectivity index (χ3v) is 3.91. The van der Waals surface area contributed by atoms with E-state index in [-0.39, 0.29) is 29.8 Å². The summed E-state index contributed by atoms with van der Waals surface area (Å²) >= 11 is 0. The molecule has 0 aliphatic carbocycles. The molecule has 1 aromatic rings. The lowest BCUT2D eigenvalue weighted by Gasteiger charge is -2.08. The van der Waals surface area contributed by atoms with Gasteiger partial charge in [-0.25, -0.2) is 14.3 Å². The van der Waals surface area contributed by atoms with E-state index >= 15 is 0 Å². The Labute approximate surface area is 131 Å². The summed E-state index contributed by atoms with van der Waals surface area (Å²) in [5.41, 5.74) is 3.62. The minimum absolute atomic E-state index is 0.0268. The molecule has 0 aliphatic heterocycles. The number of amides is 2. The zero-order chi connectivity index (χ0) is 17.5. The fourth-order valence-corrected chi connectivity index (χ4v) is 2.33. The van der Waals surface area contributed by atoms with Crippen molar-refractivity contribution in [2.75, 3.05) is 0 Å². The van der Waals surface area contributed by atoms with Gasteiger partial charge in [0.2, 0.25) is 11.8 Å². The molecule has 0 aromatic heterocycles. The SMILES string of the molecule is NNC(=O)CCCC(=O)NNS(=O)(=O)c1ccc([N+](=O)[O-])cc1. The van der Waals surface area contributed by atoms with Crippen molar-refractivity contribution >= 4 is 27.5 Å². The lowest BCUT2D eigenvalue weighted by molar-refractivity contribution is -0.384. The number of nitrogens with two attached hydrogens (primary N) is 1. The fourth-order valence-electron chi connectivity index (χ4n) is 1.47. The van der Waals surface area contributed by atoms with Crippen LogP contribution in [0.15, 0.2) is 29.2 Å². The molecule has 23 heavy (non-hydrogen) atoms. The quantitative estimate of drug-likeness (QED) is 0.204. The zero-order valence-electron chi connectivity index (χ0n) is 11.8. The van der Waals surface area contributed by atoms with Gasteiger partial charge < -0.3 is 0 Å². The maximum Gasteiger partial charge on any atom is 0.269 e. The monoisotopic (exact) mass is 345 g/mol. The Morgan fingerprint density at radius 3 is 2.22 bits per heavy atom. The molecular formula is C11H15N5O6S. The summed E-state index contributed by atoms with van der Waals surface area (Å²) in [7, 11) is -4.05. The summed E-state index contributed by atoms with van der Waals surface area (Å²) in [5.74, 6) is 3.79. The number of benzene rings is 1. The highest BCUT2D eigenvalue weighted by Gasteiger charge is 2.16. The highest BCUT2D eigenvalue weighted by atomic mass is 32.2. The molecule has 0 saturated heterocycles. The number of carbonyl (C=O) groups excluding carboxylic acids is 2. The van der Waals surface area contributed by atoms with Crippen molar-refractivity contribution in [3.8, 4) is 0 Å². The van der Waals surface area contributed by atoms with Gasteiger partial charge in [0.25, 0.3) is 15.7 Å². The van der Waals surface area contributed by atoms with Crippen molar-refractivity contribution in [1.82, 2.24) is 15.7 Å². The Bertz CT molecular complexity index is 687. The van der Waals surface area contributed by atoms with E-state index in [1.807, 2.05) is 15.7 Å². The van der Waals surface area contributed by atoms with E-state index in [4.69, 9.17) is 5.84 Å². The Morgan fingerprint density at radius 1 is 1.13 bits per heavy atom. The molecule has 0 aliphatic rings. The third kappa shape index (κ3) is 5.98. The van der Waals surface area contributed by atoms with Crippen LogP contribution >= 0.6 is 0 Å². The van der Waals surface area contributed by atoms with Gasteiger partial charge in [0, 0.05) is 25.0 Å². The van der Waals surface area contributed by atoms with E-state index in [9.17, 15) is 28.1 Å². The van der Waals surface area contributed by atoms with Crippen LogP contribution in [0.25, 0.3) is 0 Å². The van der Waals surface area contributed by atoms with E-state index in [2.05, 4.69) is 0 Å². The molecule has 0 bridgehead atoms. The van der Waals surface area contributed by atoms with Gasteiger partial charge in [-0.1, -0.05) is 0 Å². The van der Waals surface area contributed by atoms with E-state index in [1.165, 1.54) is 0 Å². The molecule has 0 radical (unpaired) electrons. The van der Waals surface area contributed by atoms with Gasteiger partial charge >= 0.3 is 0 Å². The second kappa shape index (κ2) is 8.17. The zero-order valence-corrected chi connectivity index (χ0v) is 12.6. The second-order valence-electron chi connectivity index (χ2n) is 4.33. The van der Waals surface area contributed by atoms with E-state index in [1.54, 1.807) is 0 Å². The van der Waals surface area contributed by atoms with Crippen molar-refractivity contribution < 1.29 is 22.9 Å². The highest BCUT2D eigenvalue weighted by Crippen LogP contribution is 2.15. The first-order valence-electron chi connectivity index (χ1n) is 6.31. The number of hydrazine groups is 2. The topological polar surface area (TPSA) is 174 Å². The number of sulfonamides is 1. The molecule has 0 saturated carbocycles. The van der Waals surface area contributed by atoms with Crippen molar-refractivity contribution in [1.29, 1.82) is 0 Å². The van der Waals surface area contributed by atoms with Gasteiger partial charge in [0.1, 0.15) is 0 Å². The molecule has 11 nitrogen and oxygen atoms in total. The smallest absolute Gasteiger partial charge is 0.269 e. The maximum atomic E-state index is 11.9. The average molecular weight is 345 g/mol. The normalized spacial score (nSPS) is 10.8. The fraction of sp³-hybridized carbons (Fsp3) is 0.273. The maximum absolute atomic E-state index is 11.9. The Balaban J connectivity index is 2.53. The van der Waals surface area contributed by atoms with Crippen LogP contribution in [-0.4, -0.2) is 25.2 Å². The molecule has 0 atom stereocenters. The lowest BCUT2D eigenvalue weighted by atomic mass is 10.2. The number of nitro groups is 1. The highest BCUT2D eigenvalue weighted by molar-refractivity contribution is 7.89. The van der Waals surface area contributed by atoms with Gasteiger partial charge in [-0.15, -0.1) is 4.83 Å². The van der Waals surface area contributed by atoms with Crippen LogP contribution in [0, 0.1) is 10.1 Å². The van der Waals surface area contributed by atoms with Crippen molar-refractivity contribution in [2.24, 2.45) is 5.84 Å². The molecular weight excluding hydrogens is 330 g/mol. The standard InChI is InChI=1S/C11H15N5O6S/c12-13-10(17)2-1-3-11(18)14-15-23(21,22)9-6-4-8(5-7-9)16(19)20/h4-7,15H,1-3,12H2,(H,13,17)(H,14,18). The van der Waals surface area contributed by atoms with Crippen LogP contribution in [0.2, 0.25) is 0 Å². The number of nitrogens with one attached hydrogen (secondary N) is 3. The number of nitrogens with zero attached hydrogens (tertiary/aromatic N) is 1. The van der Waals surface area contributed by atoms with Crippen LogP contribution in [-0.2, 0) is 19.6 Å². The van der Waals surface area contributed by atoms with E-state index < -0.39 is 26.8 Å². The average Bonchev–Trinajstić information content (AvgIpc) is 2.53. The van der Waals surface area contributed by atoms with Gasteiger partial charge in [-0.3, -0.25) is 30.6 Å². The van der Waals surface area contributed by atoms with Crippen molar-refractivity contribution in [3.63, 3.8) is 0 Å². The minimum atomic E-state index is -4.05. The second-order valence-corrected chi connectivity index (χ2v) is 6.01. The molecule has 1 rings (SSSR count). The molecule has 12 heteroatoms. The van der Waals surface area contributed by atoms with Crippen LogP contribution < -0.4 is 21.5 Å². The summed E-state index contributed by atoms with van der Waals surface area (Å²) in [4.78, 5) is 33.7. The van der Waals surface area contributed by atoms with E-state index in [0.29, 0.717) is 0 Å². The van der Waals surface area contributed by atoms with Gasteiger partial charge in [0.05, 0.1) is 9.82 Å². The molecule has 0 spiro atoms. The van der Waals surface area contributed by atoms with Crippen molar-refractivity contribution in [2.45, 2.75) is 24.2 Å². The van der Waals surface area contributed by atoms with Crippen LogP contribution in [0.1, 0.15) is 19.3 Å². The molecule has 126 valence electrons. The predicted molar refractivity (Wildman–Crippen MR) is 77.7 cm³/mol. The number of hydrogen-bond donors (Lipinski definition) is 4. The first kappa shape index (κ1) is 18.5. The first-order valence-corrected chi connectivity index (χ1v) is 7.79. The van der Waals surface area contributed by atoms with Crippen LogP contribution in [0.5, 0.6) is 0 Å². The minimum Gasteiger partial charge on any atom is -0.294 e. The lowest BCUT2D eigenvalue weighted by Crippen LogP contribution is -2.41. The first-order chi connectivity index (χ1) is 10.8. The molecule has 0 heterocycles. The number of rotatable bonds is 8. The number of hydrogen-bond acceptors (Lipinski definition) is 7. The summed E-state index contributed by atoms with van der Waals surface area (Å²) in [6.45, 7) is 0. The van der Waals surface area contributed by atoms with Gasteiger partial charge in [-0.05, 0) is 18.6 Å². The number of nitro benzene ring substituents is 1. The summed E-state index contributed by atoms with van der Waals surface area (Å²) in [6, 6.07) is 4.14. The molecule has 5 N–H and O–H groups in total. The Morgan fingerprint density at radius 2 is 1.70 bits per heavy atom. The Hall–Kier alpha value is -2.57. The van der Waals surface area contributed by atoms with Crippen LogP contribution in [0.4, 0.5) is 5.69 Å². The largest absolute Gasteiger partial charge is 0.294 e. The summed E-state index contributed by atoms with van der Waals surface area (Å²) in [6.07, 6.45) is 0.128. The van der Waals surface area contributed by atoms with Gasteiger partial charge in [0.15, 0.2) is 0 Å². The summed E-state index contributed by atoms with van der Waals surface area (Å²) < 4.78 is 23.7. The number of non-ortho nitro benzene ring substituents is 1. The molecule has 0 unspecified atom stereocenters. The van der Waals surface area contributed by atoms with E-state index in [0.717, 1.165) is 24.3 Å². The molecule has 0 fully saturated rings. The van der Waals surface area contributed by atoms with Crippen LogP contribution in [0.3, 0.4) is 0 Å². The van der Waals surface area contributed by atoms with Crippen molar-refractivity contribution in [3.05, 3.63) is 34.4 Å².